The third kappa shape index (κ3) is 5.36. The number of Topliss-reactive ketones (excluding diaryl/α,β-unsaturated/α-hetero) is 1. The number of ether oxygens (including phenoxy) is 1. The number of hydrogen-bond acceptors (Lipinski definition) is 4. The summed E-state index contributed by atoms with van der Waals surface area (Å²) in [5, 5.41) is 3.09. The SMILES string of the molecule is C=C/C=C\C(=C/C=C)C(=O)COC(=O)C1CCCCN1. The maximum atomic E-state index is 11.9. The molecule has 1 aliphatic rings. The Morgan fingerprint density at radius 1 is 1.25 bits per heavy atom. The van der Waals surface area contributed by atoms with Gasteiger partial charge in [0.1, 0.15) is 6.04 Å². The van der Waals surface area contributed by atoms with E-state index in [9.17, 15) is 9.59 Å². The molecule has 1 rings (SSSR count). The van der Waals surface area contributed by atoms with E-state index in [1.807, 2.05) is 0 Å². The first-order valence-electron chi connectivity index (χ1n) is 6.74. The van der Waals surface area contributed by atoms with Gasteiger partial charge in [0.05, 0.1) is 0 Å². The summed E-state index contributed by atoms with van der Waals surface area (Å²) in [5.41, 5.74) is 0.435. The average Bonchev–Trinajstić information content (AvgIpc) is 2.49. The topological polar surface area (TPSA) is 55.4 Å². The average molecular weight is 275 g/mol. The molecule has 0 aromatic heterocycles. The Balaban J connectivity index is 2.49. The van der Waals surface area contributed by atoms with E-state index in [1.54, 1.807) is 24.3 Å². The lowest BCUT2D eigenvalue weighted by molar-refractivity contribution is -0.149. The van der Waals surface area contributed by atoms with Crippen LogP contribution in [0.4, 0.5) is 0 Å². The summed E-state index contributed by atoms with van der Waals surface area (Å²) >= 11 is 0. The van der Waals surface area contributed by atoms with Crippen molar-refractivity contribution < 1.29 is 14.3 Å². The van der Waals surface area contributed by atoms with Crippen molar-refractivity contribution in [2.24, 2.45) is 0 Å². The molecule has 0 radical (unpaired) electrons. The van der Waals surface area contributed by atoms with Gasteiger partial charge in [-0.25, -0.2) is 0 Å². The Bertz CT molecular complexity index is 429. The van der Waals surface area contributed by atoms with Gasteiger partial charge < -0.3 is 10.1 Å². The van der Waals surface area contributed by atoms with Crippen LogP contribution in [-0.2, 0) is 14.3 Å². The molecular weight excluding hydrogens is 254 g/mol. The van der Waals surface area contributed by atoms with Crippen molar-refractivity contribution in [3.05, 3.63) is 49.1 Å². The lowest BCUT2D eigenvalue weighted by Crippen LogP contribution is -2.42. The molecule has 1 heterocycles. The smallest absolute Gasteiger partial charge is 0.323 e. The molecule has 4 heteroatoms. The Morgan fingerprint density at radius 2 is 2.05 bits per heavy atom. The molecule has 1 atom stereocenters. The van der Waals surface area contributed by atoms with Crippen LogP contribution in [0.15, 0.2) is 49.1 Å². The highest BCUT2D eigenvalue weighted by atomic mass is 16.5. The van der Waals surface area contributed by atoms with E-state index in [-0.39, 0.29) is 24.4 Å². The molecule has 20 heavy (non-hydrogen) atoms. The first-order valence-corrected chi connectivity index (χ1v) is 6.74. The van der Waals surface area contributed by atoms with Gasteiger partial charge in [-0.15, -0.1) is 0 Å². The zero-order chi connectivity index (χ0) is 14.8. The second kappa shape index (κ2) is 9.04. The minimum Gasteiger partial charge on any atom is -0.456 e. The molecule has 1 aliphatic heterocycles. The molecule has 1 N–H and O–H groups in total. The summed E-state index contributed by atoms with van der Waals surface area (Å²) in [6, 6.07) is -0.285. The molecule has 0 amide bonds. The Kier molecular flexibility index (Phi) is 7.29. The molecule has 1 unspecified atom stereocenters. The van der Waals surface area contributed by atoms with Crippen molar-refractivity contribution in [3.8, 4) is 0 Å². The molecule has 0 bridgehead atoms. The number of rotatable bonds is 7. The first-order chi connectivity index (χ1) is 9.69. The maximum absolute atomic E-state index is 11.9. The summed E-state index contributed by atoms with van der Waals surface area (Å²) in [7, 11) is 0. The number of carbonyl (C=O) groups excluding carboxylic acids is 2. The zero-order valence-electron chi connectivity index (χ0n) is 11.6. The molecule has 0 aliphatic carbocycles. The lowest BCUT2D eigenvalue weighted by atomic mass is 10.1. The first kappa shape index (κ1) is 16.1. The van der Waals surface area contributed by atoms with Gasteiger partial charge in [0.25, 0.3) is 0 Å². The fourth-order valence-corrected chi connectivity index (χ4v) is 1.91. The molecule has 0 saturated carbocycles. The number of nitrogens with one attached hydrogen (secondary N) is 1. The molecule has 0 aromatic carbocycles. The molecule has 0 spiro atoms. The van der Waals surface area contributed by atoms with E-state index >= 15 is 0 Å². The number of allylic oxidation sites excluding steroid dienone is 5. The highest BCUT2D eigenvalue weighted by molar-refractivity contribution is 6.00. The molecule has 4 nitrogen and oxygen atoms in total. The minimum absolute atomic E-state index is 0.252. The van der Waals surface area contributed by atoms with E-state index < -0.39 is 0 Å². The van der Waals surface area contributed by atoms with E-state index in [2.05, 4.69) is 18.5 Å². The van der Waals surface area contributed by atoms with Crippen LogP contribution in [0.5, 0.6) is 0 Å². The van der Waals surface area contributed by atoms with E-state index in [0.29, 0.717) is 5.57 Å². The molecule has 1 fully saturated rings. The van der Waals surface area contributed by atoms with Gasteiger partial charge in [0.2, 0.25) is 0 Å². The van der Waals surface area contributed by atoms with Crippen molar-refractivity contribution >= 4 is 11.8 Å². The van der Waals surface area contributed by atoms with Gasteiger partial charge in [0.15, 0.2) is 12.4 Å². The van der Waals surface area contributed by atoms with Crippen LogP contribution in [0.3, 0.4) is 0 Å². The van der Waals surface area contributed by atoms with Gasteiger partial charge in [-0.2, -0.15) is 0 Å². The Morgan fingerprint density at radius 3 is 2.65 bits per heavy atom. The predicted molar refractivity (Wildman–Crippen MR) is 79.2 cm³/mol. The fraction of sp³-hybridized carbons (Fsp3) is 0.375. The van der Waals surface area contributed by atoms with Crippen LogP contribution in [0.25, 0.3) is 0 Å². The number of piperidine rings is 1. The summed E-state index contributed by atoms with van der Waals surface area (Å²) in [5.74, 6) is -0.615. The van der Waals surface area contributed by atoms with Crippen LogP contribution >= 0.6 is 0 Å². The minimum atomic E-state index is -0.358. The summed E-state index contributed by atoms with van der Waals surface area (Å²) in [6.07, 6.45) is 10.8. The summed E-state index contributed by atoms with van der Waals surface area (Å²) in [4.78, 5) is 23.7. The number of esters is 1. The van der Waals surface area contributed by atoms with Crippen LogP contribution < -0.4 is 5.32 Å². The van der Waals surface area contributed by atoms with Crippen molar-refractivity contribution in [2.75, 3.05) is 13.2 Å². The highest BCUT2D eigenvalue weighted by Gasteiger charge is 2.22. The third-order valence-electron chi connectivity index (χ3n) is 2.97. The summed E-state index contributed by atoms with van der Waals surface area (Å²) < 4.78 is 5.06. The molecule has 1 saturated heterocycles. The standard InChI is InChI=1S/C16H21NO3/c1-3-5-9-13(8-4-2)15(18)12-20-16(19)14-10-6-7-11-17-14/h3-5,8-9,14,17H,1-2,6-7,10-12H2/b9-5-,13-8+. The van der Waals surface area contributed by atoms with Gasteiger partial charge in [0, 0.05) is 5.57 Å². The van der Waals surface area contributed by atoms with Gasteiger partial charge in [-0.05, 0) is 19.4 Å². The zero-order valence-corrected chi connectivity index (χ0v) is 11.6. The van der Waals surface area contributed by atoms with Crippen molar-refractivity contribution in [1.82, 2.24) is 5.32 Å². The number of ketones is 1. The second-order valence-electron chi connectivity index (χ2n) is 4.49. The maximum Gasteiger partial charge on any atom is 0.323 e. The fourth-order valence-electron chi connectivity index (χ4n) is 1.91. The molecule has 108 valence electrons. The lowest BCUT2D eigenvalue weighted by Gasteiger charge is -2.21. The van der Waals surface area contributed by atoms with Crippen molar-refractivity contribution in [2.45, 2.75) is 25.3 Å². The van der Waals surface area contributed by atoms with Crippen LogP contribution in [-0.4, -0.2) is 30.9 Å². The van der Waals surface area contributed by atoms with E-state index in [4.69, 9.17) is 4.74 Å². The predicted octanol–water partition coefficient (Wildman–Crippen LogP) is 2.10. The second-order valence-corrected chi connectivity index (χ2v) is 4.49. The van der Waals surface area contributed by atoms with Crippen molar-refractivity contribution in [3.63, 3.8) is 0 Å². The number of hydrogen-bond donors (Lipinski definition) is 1. The number of carbonyl (C=O) groups is 2. The van der Waals surface area contributed by atoms with Crippen molar-refractivity contribution in [1.29, 1.82) is 0 Å². The van der Waals surface area contributed by atoms with Crippen LogP contribution in [0.2, 0.25) is 0 Å². The van der Waals surface area contributed by atoms with Gasteiger partial charge in [-0.1, -0.05) is 50.0 Å². The normalized spacial score (nSPS) is 19.6. The van der Waals surface area contributed by atoms with Gasteiger partial charge in [-0.3, -0.25) is 9.59 Å². The van der Waals surface area contributed by atoms with Crippen LogP contribution in [0.1, 0.15) is 19.3 Å². The highest BCUT2D eigenvalue weighted by Crippen LogP contribution is 2.09. The van der Waals surface area contributed by atoms with Crippen LogP contribution in [0, 0.1) is 0 Å². The molecule has 0 aromatic rings. The van der Waals surface area contributed by atoms with Gasteiger partial charge >= 0.3 is 5.97 Å². The monoisotopic (exact) mass is 275 g/mol. The Hall–Kier alpha value is -1.94. The van der Waals surface area contributed by atoms with E-state index in [0.717, 1.165) is 25.8 Å². The largest absolute Gasteiger partial charge is 0.456 e. The quantitative estimate of drug-likeness (QED) is 0.439. The summed E-state index contributed by atoms with van der Waals surface area (Å²) in [6.45, 7) is 7.66. The third-order valence-corrected chi connectivity index (χ3v) is 2.97. The molecular formula is C16H21NO3. The van der Waals surface area contributed by atoms with E-state index in [1.165, 1.54) is 6.08 Å². The Labute approximate surface area is 119 Å².